The SMILES string of the molecule is CC(=O)O.CN(Cc1cnc2nc(N)nc(N)c2n1)c1ccc(C(=O)N[C@@H](CCC(=O)O)C(=O)O)cc1.COc1c2occc2cc2ccc(=O)oc12.N[C@@H](Cc1ccc(N(CCCl)CCCl)cc1)C(=O)O.O=S(=O)([O-])CCS.S=c1[nH]cnc2nc[nH]c12.[Na+]. The smallest absolute Gasteiger partial charge is 0.748 e. The van der Waals surface area contributed by atoms with Crippen molar-refractivity contribution in [3.63, 3.8) is 0 Å². The summed E-state index contributed by atoms with van der Waals surface area (Å²) in [7, 11) is -0.667. The number of nitrogens with two attached hydrogens (primary N) is 3. The maximum absolute atomic E-state index is 12.4. The van der Waals surface area contributed by atoms with Crippen molar-refractivity contribution in [3.05, 3.63) is 130 Å². The number of H-pyrrole nitrogens is 2. The van der Waals surface area contributed by atoms with E-state index in [1.54, 1.807) is 37.0 Å². The fraction of sp³-hybridized carbons (Fsp3) is 0.278. The minimum atomic E-state index is -4.00. The summed E-state index contributed by atoms with van der Waals surface area (Å²) < 4.78 is 45.2. The molecule has 36 heteroatoms. The number of aliphatic carboxylic acids is 4. The van der Waals surface area contributed by atoms with Crippen LogP contribution in [0, 0.1) is 4.64 Å². The molecule has 6 aromatic heterocycles. The summed E-state index contributed by atoms with van der Waals surface area (Å²) in [5, 5.41) is 38.2. The van der Waals surface area contributed by atoms with Crippen LogP contribution in [0.1, 0.15) is 41.4 Å². The summed E-state index contributed by atoms with van der Waals surface area (Å²) in [6.45, 7) is 2.90. The van der Waals surface area contributed by atoms with Gasteiger partial charge in [-0.2, -0.15) is 22.6 Å². The molecule has 0 fully saturated rings. The fourth-order valence-corrected chi connectivity index (χ4v) is 8.97. The molecule has 2 atom stereocenters. The summed E-state index contributed by atoms with van der Waals surface area (Å²) in [6, 6.07) is 18.7. The van der Waals surface area contributed by atoms with Crippen LogP contribution in [0.25, 0.3) is 44.3 Å². The Morgan fingerprint density at radius 1 is 0.856 bits per heavy atom. The standard InChI is InChI=1S/C20H22N8O5.C13H18Cl2N2O2.C12H8O4.C5H4N4S.C2H6O3S2.C2H4O2.Na/c1-28(9-11-8-23-17-15(24-11)16(21)26-20(22)27-17)12-4-2-10(3-5-12)18(31)25-13(19(32)33)6-7-14(29)30;14-5-7-17(8-6-15)11-3-1-10(2-4-11)9-12(16)13(18)19;1-14-12-10-8(4-5-15-10)6-7-2-3-9(13)16-11(7)12;10-5-3-4(7-1-6-3)8-2-9-5;3-7(4,5)2-1-6;1-2(3)4;/h2-5,8,13H,6-7,9H2,1H3,(H,25,31)(H,29,30)(H,32,33)(H4,21,22,23,26,27);1-4,12H,5-9,16H2,(H,18,19);2-6H,1H3;1-2H,(H2,6,7,8,9,10);6H,1-2H2,(H,3,4,5);1H3,(H,3,4);/q;;;;;;+1/p-1/t13-;12-;;;;;/m00...../s1. The number of anilines is 4. The summed E-state index contributed by atoms with van der Waals surface area (Å²) in [6.07, 6.45) is 5.96. The van der Waals surface area contributed by atoms with E-state index >= 15 is 0 Å². The van der Waals surface area contributed by atoms with Crippen molar-refractivity contribution in [1.29, 1.82) is 0 Å². The number of hydrogen-bond donors (Lipinski definition) is 11. The molecule has 0 aliphatic heterocycles. The van der Waals surface area contributed by atoms with Gasteiger partial charge in [0.25, 0.3) is 11.9 Å². The minimum Gasteiger partial charge on any atom is -0.748 e. The van der Waals surface area contributed by atoms with Crippen LogP contribution < -0.4 is 72.2 Å². The molecule has 0 saturated carbocycles. The molecule has 30 nitrogen and oxygen atoms in total. The third-order valence-electron chi connectivity index (χ3n) is 11.6. The number of thiol groups is 1. The van der Waals surface area contributed by atoms with Gasteiger partial charge < -0.3 is 80.8 Å². The van der Waals surface area contributed by atoms with E-state index in [0.717, 1.165) is 53.2 Å². The number of carbonyl (C=O) groups is 5. The molecule has 0 radical (unpaired) electrons. The second kappa shape index (κ2) is 37.7. The second-order valence-electron chi connectivity index (χ2n) is 18.1. The van der Waals surface area contributed by atoms with Crippen molar-refractivity contribution in [2.75, 3.05) is 71.8 Å². The average Bonchev–Trinajstić information content (AvgIpc) is 1.60. The Hall–Kier alpha value is -8.25. The number of aromatic nitrogens is 8. The number of furan rings is 1. The van der Waals surface area contributed by atoms with Crippen molar-refractivity contribution in [1.82, 2.24) is 45.2 Å². The van der Waals surface area contributed by atoms with Crippen LogP contribution in [-0.4, -0.2) is 166 Å². The number of carbonyl (C=O) groups excluding carboxylic acids is 1. The molecule has 0 bridgehead atoms. The molecule has 0 aliphatic rings. The van der Waals surface area contributed by atoms with Crippen LogP contribution in [-0.2, 0) is 42.3 Å². The minimum absolute atomic E-state index is 0. The summed E-state index contributed by atoms with van der Waals surface area (Å²) in [5.74, 6) is -3.49. The number of fused-ring (bicyclic) bond motifs is 4. The molecule has 13 N–H and O–H groups in total. The largest absolute Gasteiger partial charge is 1.00 e. The van der Waals surface area contributed by atoms with Crippen LogP contribution in [0.4, 0.5) is 23.1 Å². The van der Waals surface area contributed by atoms with E-state index in [1.165, 1.54) is 31.6 Å². The van der Waals surface area contributed by atoms with Crippen LogP contribution >= 0.6 is 48.0 Å². The van der Waals surface area contributed by atoms with Gasteiger partial charge in [-0.25, -0.2) is 37.9 Å². The van der Waals surface area contributed by atoms with Crippen molar-refractivity contribution >= 4 is 155 Å². The molecule has 3 aromatic carbocycles. The number of alkyl halides is 2. The predicted octanol–water partition coefficient (Wildman–Crippen LogP) is 2.31. The maximum Gasteiger partial charge on any atom is 1.00 e. The van der Waals surface area contributed by atoms with Gasteiger partial charge in [0, 0.05) is 90.5 Å². The first-order chi connectivity index (χ1) is 42.2. The van der Waals surface area contributed by atoms with Gasteiger partial charge in [0.1, 0.15) is 22.2 Å². The number of carboxylic acid groups (broad SMARTS) is 4. The number of halogens is 2. The molecule has 9 rings (SSSR count). The third kappa shape index (κ3) is 25.0. The Morgan fingerprint density at radius 2 is 1.47 bits per heavy atom. The average molecular weight is 1350 g/mol. The normalized spacial score (nSPS) is 11.2. The quantitative estimate of drug-likeness (QED) is 0.0130. The van der Waals surface area contributed by atoms with Crippen LogP contribution in [0.5, 0.6) is 5.75 Å². The molecule has 9 aromatic rings. The van der Waals surface area contributed by atoms with E-state index in [-0.39, 0.29) is 71.2 Å². The van der Waals surface area contributed by atoms with E-state index in [2.05, 4.69) is 62.7 Å². The Labute approximate surface area is 555 Å². The van der Waals surface area contributed by atoms with Gasteiger partial charge in [-0.1, -0.05) is 24.4 Å². The van der Waals surface area contributed by atoms with Crippen molar-refractivity contribution in [2.45, 2.75) is 44.8 Å². The number of rotatable bonds is 20. The Morgan fingerprint density at radius 3 is 2.01 bits per heavy atom. The number of amides is 1. The van der Waals surface area contributed by atoms with Gasteiger partial charge in [-0.3, -0.25) is 19.2 Å². The molecular formula is C54H61Cl2N14NaO16S3. The molecule has 0 aliphatic carbocycles. The zero-order valence-corrected chi connectivity index (χ0v) is 54.5. The third-order valence-corrected chi connectivity index (χ3v) is 13.5. The first-order valence-electron chi connectivity index (χ1n) is 25.8. The monoisotopic (exact) mass is 1350 g/mol. The van der Waals surface area contributed by atoms with E-state index < -0.39 is 57.6 Å². The topological polar surface area (TPSA) is 482 Å². The number of nitrogens with one attached hydrogen (secondary N) is 3. The molecule has 0 unspecified atom stereocenters. The van der Waals surface area contributed by atoms with Gasteiger partial charge in [0.05, 0.1) is 54.6 Å². The number of nitrogen functional groups attached to an aromatic ring is 2. The van der Waals surface area contributed by atoms with E-state index in [9.17, 15) is 42.0 Å². The second-order valence-corrected chi connectivity index (χ2v) is 21.3. The van der Waals surface area contributed by atoms with Crippen molar-refractivity contribution in [3.8, 4) is 5.75 Å². The molecule has 1 amide bonds. The number of aromatic amines is 2. The zero-order valence-electron chi connectivity index (χ0n) is 48.5. The van der Waals surface area contributed by atoms with E-state index in [4.69, 9.17) is 86.3 Å². The number of hydrogen-bond acceptors (Lipinski definition) is 25. The molecule has 476 valence electrons. The summed E-state index contributed by atoms with van der Waals surface area (Å²) >= 11 is 20.0. The first kappa shape index (κ1) is 76.0. The van der Waals surface area contributed by atoms with Crippen LogP contribution in [0.2, 0.25) is 0 Å². The first-order valence-corrected chi connectivity index (χ1v) is 29.5. The number of methoxy groups -OCH3 is 1. The maximum atomic E-state index is 12.4. The van der Waals surface area contributed by atoms with Gasteiger partial charge in [0.15, 0.2) is 33.8 Å². The molecule has 90 heavy (non-hydrogen) atoms. The van der Waals surface area contributed by atoms with Crippen molar-refractivity contribution < 1.29 is 100 Å². The van der Waals surface area contributed by atoms with Gasteiger partial charge in [-0.05, 0) is 73.0 Å². The predicted molar refractivity (Wildman–Crippen MR) is 337 cm³/mol. The number of nitrogens with zero attached hydrogens (tertiary/aromatic N) is 8. The molecule has 6 heterocycles. The van der Waals surface area contributed by atoms with Gasteiger partial charge in [-0.15, -0.1) is 23.2 Å². The fourth-order valence-electron chi connectivity index (χ4n) is 7.47. The number of imidazole rings is 1. The molecule has 0 spiro atoms. The molecular weight excluding hydrogens is 1290 g/mol. The van der Waals surface area contributed by atoms with Crippen molar-refractivity contribution in [2.24, 2.45) is 5.73 Å². The van der Waals surface area contributed by atoms with Gasteiger partial charge >= 0.3 is 53.1 Å². The number of benzene rings is 3. The Balaban J connectivity index is 0.000000315. The molecule has 0 saturated heterocycles. The van der Waals surface area contributed by atoms with E-state index in [0.29, 0.717) is 68.8 Å². The summed E-state index contributed by atoms with van der Waals surface area (Å²) in [4.78, 5) is 99.2. The summed E-state index contributed by atoms with van der Waals surface area (Å²) in [5.41, 5.74) is 23.1. The Bertz CT molecular complexity index is 4070. The zero-order chi connectivity index (χ0) is 66.0. The van der Waals surface area contributed by atoms with Crippen LogP contribution in [0.15, 0.2) is 112 Å². The van der Waals surface area contributed by atoms with Gasteiger partial charge in [0.2, 0.25) is 11.7 Å². The number of carboxylic acids is 4. The number of ether oxygens (including phenoxy) is 1. The Kier molecular flexibility index (Phi) is 31.8. The van der Waals surface area contributed by atoms with E-state index in [1.807, 2.05) is 48.3 Å². The van der Waals surface area contributed by atoms with Crippen LogP contribution in [0.3, 0.4) is 0 Å².